The SMILES string of the molecule is O=C(COc1ccc(Cl)cc1)Nc1ccc(NCc2cccnc2)cc1. The summed E-state index contributed by atoms with van der Waals surface area (Å²) in [6.07, 6.45) is 3.57. The van der Waals surface area contributed by atoms with Crippen molar-refractivity contribution in [2.24, 2.45) is 0 Å². The summed E-state index contributed by atoms with van der Waals surface area (Å²) in [5.74, 6) is 0.371. The molecule has 0 fully saturated rings. The van der Waals surface area contributed by atoms with Gasteiger partial charge in [-0.25, -0.2) is 0 Å². The first-order valence-electron chi connectivity index (χ1n) is 8.10. The fourth-order valence-electron chi connectivity index (χ4n) is 2.26. The van der Waals surface area contributed by atoms with Crippen LogP contribution in [0.1, 0.15) is 5.56 Å². The molecule has 0 unspecified atom stereocenters. The van der Waals surface area contributed by atoms with Crippen molar-refractivity contribution >= 4 is 28.9 Å². The van der Waals surface area contributed by atoms with E-state index < -0.39 is 0 Å². The molecule has 0 bridgehead atoms. The zero-order valence-electron chi connectivity index (χ0n) is 14.0. The average molecular weight is 368 g/mol. The van der Waals surface area contributed by atoms with Crippen molar-refractivity contribution < 1.29 is 9.53 Å². The van der Waals surface area contributed by atoms with Crippen LogP contribution in [0, 0.1) is 0 Å². The first kappa shape index (κ1) is 17.8. The first-order chi connectivity index (χ1) is 12.7. The third-order valence-electron chi connectivity index (χ3n) is 3.57. The highest BCUT2D eigenvalue weighted by molar-refractivity contribution is 6.30. The van der Waals surface area contributed by atoms with Crippen molar-refractivity contribution in [2.75, 3.05) is 17.2 Å². The molecule has 0 saturated carbocycles. The largest absolute Gasteiger partial charge is 0.484 e. The molecule has 0 aliphatic heterocycles. The minimum Gasteiger partial charge on any atom is -0.484 e. The summed E-state index contributed by atoms with van der Waals surface area (Å²) in [4.78, 5) is 16.0. The van der Waals surface area contributed by atoms with Gasteiger partial charge in [-0.15, -0.1) is 0 Å². The predicted molar refractivity (Wildman–Crippen MR) is 104 cm³/mol. The Morgan fingerprint density at radius 1 is 1.00 bits per heavy atom. The third-order valence-corrected chi connectivity index (χ3v) is 3.82. The molecule has 0 aliphatic carbocycles. The van der Waals surface area contributed by atoms with Crippen LogP contribution in [0.5, 0.6) is 5.75 Å². The number of aromatic nitrogens is 1. The lowest BCUT2D eigenvalue weighted by molar-refractivity contribution is -0.118. The van der Waals surface area contributed by atoms with E-state index in [0.717, 1.165) is 11.3 Å². The van der Waals surface area contributed by atoms with Gasteiger partial charge in [0, 0.05) is 35.3 Å². The van der Waals surface area contributed by atoms with E-state index in [9.17, 15) is 4.79 Å². The van der Waals surface area contributed by atoms with Gasteiger partial charge >= 0.3 is 0 Å². The zero-order valence-corrected chi connectivity index (χ0v) is 14.7. The topological polar surface area (TPSA) is 63.2 Å². The maximum absolute atomic E-state index is 12.0. The Balaban J connectivity index is 1.45. The second-order valence-electron chi connectivity index (χ2n) is 5.58. The van der Waals surface area contributed by atoms with Crippen molar-refractivity contribution in [3.63, 3.8) is 0 Å². The van der Waals surface area contributed by atoms with Gasteiger partial charge < -0.3 is 15.4 Å². The monoisotopic (exact) mass is 367 g/mol. The van der Waals surface area contributed by atoms with E-state index in [1.165, 1.54) is 0 Å². The second kappa shape index (κ2) is 8.87. The maximum atomic E-state index is 12.0. The van der Waals surface area contributed by atoms with E-state index in [2.05, 4.69) is 15.6 Å². The lowest BCUT2D eigenvalue weighted by Crippen LogP contribution is -2.20. The van der Waals surface area contributed by atoms with E-state index in [-0.39, 0.29) is 12.5 Å². The van der Waals surface area contributed by atoms with E-state index >= 15 is 0 Å². The van der Waals surface area contributed by atoms with Crippen LogP contribution in [0.4, 0.5) is 11.4 Å². The zero-order chi connectivity index (χ0) is 18.2. The highest BCUT2D eigenvalue weighted by Gasteiger charge is 2.04. The summed E-state index contributed by atoms with van der Waals surface area (Å²) in [5.41, 5.74) is 2.77. The Kier molecular flexibility index (Phi) is 6.06. The highest BCUT2D eigenvalue weighted by atomic mass is 35.5. The van der Waals surface area contributed by atoms with E-state index in [4.69, 9.17) is 16.3 Å². The first-order valence-corrected chi connectivity index (χ1v) is 8.48. The van der Waals surface area contributed by atoms with Crippen LogP contribution in [0.3, 0.4) is 0 Å². The van der Waals surface area contributed by atoms with Crippen molar-refractivity contribution in [1.29, 1.82) is 0 Å². The summed E-state index contributed by atoms with van der Waals surface area (Å²) >= 11 is 5.81. The summed E-state index contributed by atoms with van der Waals surface area (Å²) in [7, 11) is 0. The van der Waals surface area contributed by atoms with Gasteiger partial charge in [-0.2, -0.15) is 0 Å². The molecule has 132 valence electrons. The van der Waals surface area contributed by atoms with Gasteiger partial charge in [0.15, 0.2) is 6.61 Å². The number of rotatable bonds is 7. The molecular formula is C20H18ClN3O2. The molecule has 0 atom stereocenters. The van der Waals surface area contributed by atoms with Gasteiger partial charge in [0.05, 0.1) is 0 Å². The number of hydrogen-bond acceptors (Lipinski definition) is 4. The van der Waals surface area contributed by atoms with Crippen molar-refractivity contribution in [3.05, 3.63) is 83.6 Å². The molecule has 1 amide bonds. The van der Waals surface area contributed by atoms with Crippen molar-refractivity contribution in [3.8, 4) is 5.75 Å². The maximum Gasteiger partial charge on any atom is 0.262 e. The summed E-state index contributed by atoms with van der Waals surface area (Å²) < 4.78 is 5.42. The van der Waals surface area contributed by atoms with Gasteiger partial charge in [0.25, 0.3) is 5.91 Å². The van der Waals surface area contributed by atoms with Crippen molar-refractivity contribution in [2.45, 2.75) is 6.54 Å². The number of hydrogen-bond donors (Lipinski definition) is 2. The van der Waals surface area contributed by atoms with E-state index in [1.54, 1.807) is 30.5 Å². The minimum absolute atomic E-state index is 0.0668. The minimum atomic E-state index is -0.226. The number of carbonyl (C=O) groups is 1. The Morgan fingerprint density at radius 3 is 2.42 bits per heavy atom. The number of anilines is 2. The highest BCUT2D eigenvalue weighted by Crippen LogP contribution is 2.16. The Morgan fingerprint density at radius 2 is 1.73 bits per heavy atom. The molecule has 0 radical (unpaired) electrons. The summed E-state index contributed by atoms with van der Waals surface area (Å²) in [5, 5.41) is 6.73. The molecule has 26 heavy (non-hydrogen) atoms. The van der Waals surface area contributed by atoms with E-state index in [1.807, 2.05) is 42.6 Å². The molecular weight excluding hydrogens is 350 g/mol. The quantitative estimate of drug-likeness (QED) is 0.651. The van der Waals surface area contributed by atoms with Crippen molar-refractivity contribution in [1.82, 2.24) is 4.98 Å². The predicted octanol–water partition coefficient (Wildman–Crippen LogP) is 4.36. The molecule has 0 saturated heterocycles. The van der Waals surface area contributed by atoms with Gasteiger partial charge in [-0.3, -0.25) is 9.78 Å². The van der Waals surface area contributed by atoms with Crippen LogP contribution in [0.2, 0.25) is 5.02 Å². The molecule has 1 heterocycles. The molecule has 3 rings (SSSR count). The normalized spacial score (nSPS) is 10.2. The molecule has 0 spiro atoms. The number of pyridine rings is 1. The number of benzene rings is 2. The number of halogens is 1. The number of nitrogens with one attached hydrogen (secondary N) is 2. The van der Waals surface area contributed by atoms with E-state index in [0.29, 0.717) is 23.0 Å². The Labute approximate surface area is 157 Å². The smallest absolute Gasteiger partial charge is 0.262 e. The van der Waals surface area contributed by atoms with Gasteiger partial charge in [0.1, 0.15) is 5.75 Å². The average Bonchev–Trinajstić information content (AvgIpc) is 2.68. The van der Waals surface area contributed by atoms with Crippen LogP contribution in [-0.4, -0.2) is 17.5 Å². The standard InChI is InChI=1S/C20H18ClN3O2/c21-16-3-9-19(10-4-16)26-14-20(25)24-18-7-5-17(6-8-18)23-13-15-2-1-11-22-12-15/h1-12,23H,13-14H2,(H,24,25). The van der Waals surface area contributed by atoms with Gasteiger partial charge in [-0.05, 0) is 60.2 Å². The Bertz CT molecular complexity index is 837. The molecule has 0 aliphatic rings. The molecule has 6 heteroatoms. The second-order valence-corrected chi connectivity index (χ2v) is 6.02. The Hall–Kier alpha value is -3.05. The fraction of sp³-hybridized carbons (Fsp3) is 0.100. The molecule has 2 aromatic carbocycles. The third kappa shape index (κ3) is 5.50. The van der Waals surface area contributed by atoms with Crippen LogP contribution in [-0.2, 0) is 11.3 Å². The number of carbonyl (C=O) groups excluding carboxylic acids is 1. The van der Waals surface area contributed by atoms with Crippen LogP contribution in [0.15, 0.2) is 73.1 Å². The fourth-order valence-corrected chi connectivity index (χ4v) is 2.38. The number of amides is 1. The number of ether oxygens (including phenoxy) is 1. The summed E-state index contributed by atoms with van der Waals surface area (Å²) in [6.45, 7) is 0.622. The van der Waals surface area contributed by atoms with Crippen LogP contribution in [0.25, 0.3) is 0 Å². The molecule has 3 aromatic rings. The van der Waals surface area contributed by atoms with Crippen LogP contribution >= 0.6 is 11.6 Å². The molecule has 2 N–H and O–H groups in total. The lowest BCUT2D eigenvalue weighted by Gasteiger charge is -2.09. The number of nitrogens with zero attached hydrogens (tertiary/aromatic N) is 1. The lowest BCUT2D eigenvalue weighted by atomic mass is 10.2. The summed E-state index contributed by atoms with van der Waals surface area (Å²) in [6, 6.07) is 18.3. The van der Waals surface area contributed by atoms with Crippen LogP contribution < -0.4 is 15.4 Å². The molecule has 5 nitrogen and oxygen atoms in total. The molecule has 1 aromatic heterocycles. The van der Waals surface area contributed by atoms with Gasteiger partial charge in [0.2, 0.25) is 0 Å². The van der Waals surface area contributed by atoms with Gasteiger partial charge in [-0.1, -0.05) is 17.7 Å².